The molecule has 2 aromatic rings. The summed E-state index contributed by atoms with van der Waals surface area (Å²) < 4.78 is 37.6. The van der Waals surface area contributed by atoms with Crippen molar-refractivity contribution in [2.45, 2.75) is 29.9 Å². The monoisotopic (exact) mass is 449 g/mol. The van der Waals surface area contributed by atoms with Crippen LogP contribution in [0, 0.1) is 0 Å². The highest BCUT2D eigenvalue weighted by Crippen LogP contribution is 2.38. The number of rotatable bonds is 5. The van der Waals surface area contributed by atoms with Gasteiger partial charge in [-0.05, 0) is 54.6 Å². The number of amidine groups is 1. The van der Waals surface area contributed by atoms with Crippen LogP contribution in [0.15, 0.2) is 52.6 Å². The Bertz CT molecular complexity index is 1040. The molecule has 11 heteroatoms. The number of thioether (sulfide) groups is 1. The Labute approximate surface area is 180 Å². The predicted molar refractivity (Wildman–Crippen MR) is 110 cm³/mol. The first-order valence-electron chi connectivity index (χ1n) is 9.46. The minimum absolute atomic E-state index is 0.0217. The first-order valence-corrected chi connectivity index (χ1v) is 10.3. The number of amides is 3. The molecule has 3 amide bonds. The fourth-order valence-corrected chi connectivity index (χ4v) is 4.02. The van der Waals surface area contributed by atoms with Crippen molar-refractivity contribution < 1.29 is 22.8 Å². The number of pyridine rings is 1. The third kappa shape index (κ3) is 4.36. The Morgan fingerprint density at radius 3 is 2.58 bits per heavy atom. The van der Waals surface area contributed by atoms with Crippen LogP contribution in [0.2, 0.25) is 0 Å². The van der Waals surface area contributed by atoms with Crippen molar-refractivity contribution in [3.8, 4) is 0 Å². The molecule has 2 aliphatic heterocycles. The molecule has 1 aromatic carbocycles. The van der Waals surface area contributed by atoms with Gasteiger partial charge in [-0.2, -0.15) is 13.2 Å². The highest BCUT2D eigenvalue weighted by atomic mass is 32.2. The van der Waals surface area contributed by atoms with E-state index in [9.17, 15) is 22.8 Å². The van der Waals surface area contributed by atoms with Crippen molar-refractivity contribution in [2.75, 3.05) is 18.0 Å². The van der Waals surface area contributed by atoms with Crippen LogP contribution in [0.1, 0.15) is 18.1 Å². The molecule has 1 saturated heterocycles. The molecule has 0 spiro atoms. The van der Waals surface area contributed by atoms with Crippen LogP contribution < -0.4 is 10.2 Å². The summed E-state index contributed by atoms with van der Waals surface area (Å²) in [5.41, 5.74) is -2.63. The molecular formula is C20H18F3N5O2S. The third-order valence-electron chi connectivity index (χ3n) is 4.99. The topological polar surface area (TPSA) is 77.9 Å². The summed E-state index contributed by atoms with van der Waals surface area (Å²) in [6.07, 6.45) is 3.27. The highest BCUT2D eigenvalue weighted by molar-refractivity contribution is 8.00. The molecule has 0 aliphatic carbocycles. The van der Waals surface area contributed by atoms with Gasteiger partial charge in [0.15, 0.2) is 0 Å². The average molecular weight is 449 g/mol. The zero-order valence-electron chi connectivity index (χ0n) is 16.4. The second-order valence-corrected chi connectivity index (χ2v) is 8.13. The molecular weight excluding hydrogens is 431 g/mol. The number of carbonyl (C=O) groups is 2. The summed E-state index contributed by atoms with van der Waals surface area (Å²) in [4.78, 5) is 36.8. The van der Waals surface area contributed by atoms with Crippen molar-refractivity contribution in [2.24, 2.45) is 4.99 Å². The van der Waals surface area contributed by atoms with Gasteiger partial charge in [0, 0.05) is 35.9 Å². The fourth-order valence-electron chi connectivity index (χ4n) is 3.48. The number of imide groups is 1. The second-order valence-electron chi connectivity index (χ2n) is 6.99. The molecule has 0 saturated carbocycles. The molecule has 162 valence electrons. The van der Waals surface area contributed by atoms with Crippen molar-refractivity contribution in [3.63, 3.8) is 0 Å². The zero-order valence-corrected chi connectivity index (χ0v) is 17.2. The predicted octanol–water partition coefficient (Wildman–Crippen LogP) is 3.40. The van der Waals surface area contributed by atoms with Crippen LogP contribution in [0.4, 0.5) is 23.7 Å². The van der Waals surface area contributed by atoms with Crippen molar-refractivity contribution in [1.82, 2.24) is 15.2 Å². The van der Waals surface area contributed by atoms with Gasteiger partial charge in [-0.15, -0.1) is 0 Å². The van der Waals surface area contributed by atoms with Gasteiger partial charge in [-0.1, -0.05) is 0 Å². The van der Waals surface area contributed by atoms with E-state index in [0.717, 1.165) is 22.6 Å². The lowest BCUT2D eigenvalue weighted by Crippen LogP contribution is -2.34. The minimum atomic E-state index is -4.41. The van der Waals surface area contributed by atoms with E-state index in [1.807, 2.05) is 0 Å². The fraction of sp³-hybridized carbons (Fsp3) is 0.300. The van der Waals surface area contributed by atoms with Gasteiger partial charge in [0.2, 0.25) is 0 Å². The number of hydrogen-bond donors (Lipinski definition) is 1. The number of benzene rings is 1. The van der Waals surface area contributed by atoms with Gasteiger partial charge >= 0.3 is 11.5 Å². The molecule has 0 radical (unpaired) electrons. The molecule has 0 bridgehead atoms. The average Bonchev–Trinajstić information content (AvgIpc) is 3.32. The van der Waals surface area contributed by atoms with Crippen LogP contribution in [-0.4, -0.2) is 52.3 Å². The number of urea groups is 1. The lowest BCUT2D eigenvalue weighted by molar-refractivity contribution is -0.119. The minimum Gasteiger partial charge on any atom is -0.368 e. The standard InChI is InChI=1S/C20H18F3N5O2S/c1-12-18(29)28(14-2-4-15(5-3-14)31-20(21,22)23)19(30)27(12)11-13-6-7-24-10-16(13)17-25-8-9-26-17/h2-7,10,12H,8-9,11H2,1H3,(H,25,26). The molecule has 2 aliphatic rings. The van der Waals surface area contributed by atoms with Crippen LogP contribution in [0.3, 0.4) is 0 Å². The van der Waals surface area contributed by atoms with Gasteiger partial charge in [0.25, 0.3) is 5.91 Å². The van der Waals surface area contributed by atoms with E-state index < -0.39 is 23.5 Å². The number of nitrogens with zero attached hydrogens (tertiary/aromatic N) is 4. The quantitative estimate of drug-likeness (QED) is 0.559. The summed E-state index contributed by atoms with van der Waals surface area (Å²) in [6.45, 7) is 3.16. The first kappa shape index (κ1) is 21.2. The van der Waals surface area contributed by atoms with E-state index in [-0.39, 0.29) is 28.9 Å². The SMILES string of the molecule is CC1C(=O)N(c2ccc(SC(F)(F)F)cc2)C(=O)N1Cc1ccncc1C1=NCCN1. The summed E-state index contributed by atoms with van der Waals surface area (Å²) in [5, 5.41) is 3.17. The first-order chi connectivity index (χ1) is 14.7. The molecule has 31 heavy (non-hydrogen) atoms. The molecule has 1 unspecified atom stereocenters. The smallest absolute Gasteiger partial charge is 0.368 e. The molecule has 3 heterocycles. The van der Waals surface area contributed by atoms with E-state index in [4.69, 9.17) is 0 Å². The largest absolute Gasteiger partial charge is 0.446 e. The molecule has 1 fully saturated rings. The van der Waals surface area contributed by atoms with E-state index in [1.165, 1.54) is 29.2 Å². The van der Waals surface area contributed by atoms with Gasteiger partial charge in [0.1, 0.15) is 11.9 Å². The van der Waals surface area contributed by atoms with Crippen molar-refractivity contribution in [1.29, 1.82) is 0 Å². The molecule has 1 N–H and O–H groups in total. The van der Waals surface area contributed by atoms with Gasteiger partial charge < -0.3 is 10.2 Å². The number of carbonyl (C=O) groups excluding carboxylic acids is 2. The molecule has 4 rings (SSSR count). The van der Waals surface area contributed by atoms with Crippen LogP contribution in [-0.2, 0) is 11.3 Å². The lowest BCUT2D eigenvalue weighted by atomic mass is 10.1. The van der Waals surface area contributed by atoms with Crippen molar-refractivity contribution in [3.05, 3.63) is 53.9 Å². The summed E-state index contributed by atoms with van der Waals surface area (Å²) >= 11 is -0.252. The summed E-state index contributed by atoms with van der Waals surface area (Å²) in [5.74, 6) is 0.261. The van der Waals surface area contributed by atoms with Gasteiger partial charge in [-0.25, -0.2) is 9.69 Å². The second kappa shape index (κ2) is 8.22. The maximum Gasteiger partial charge on any atom is 0.446 e. The van der Waals surface area contributed by atoms with Crippen LogP contribution in [0.5, 0.6) is 0 Å². The van der Waals surface area contributed by atoms with Crippen LogP contribution >= 0.6 is 11.8 Å². The number of alkyl halides is 3. The van der Waals surface area contributed by atoms with E-state index >= 15 is 0 Å². The Hall–Kier alpha value is -3.08. The number of anilines is 1. The highest BCUT2D eigenvalue weighted by Gasteiger charge is 2.43. The number of aliphatic imine (C=N–C) groups is 1. The Kier molecular flexibility index (Phi) is 5.61. The molecule has 1 atom stereocenters. The summed E-state index contributed by atoms with van der Waals surface area (Å²) in [7, 11) is 0. The maximum absolute atomic E-state index is 13.1. The zero-order chi connectivity index (χ0) is 22.2. The number of aromatic nitrogens is 1. The number of nitrogens with one attached hydrogen (secondary N) is 1. The van der Waals surface area contributed by atoms with Gasteiger partial charge in [-0.3, -0.25) is 14.8 Å². The number of hydrogen-bond acceptors (Lipinski definition) is 6. The lowest BCUT2D eigenvalue weighted by Gasteiger charge is -2.21. The molecule has 1 aromatic heterocycles. The van der Waals surface area contributed by atoms with Gasteiger partial charge in [0.05, 0.1) is 12.2 Å². The maximum atomic E-state index is 13.1. The normalized spacial score (nSPS) is 19.1. The Balaban J connectivity index is 1.56. The number of halogens is 3. The van der Waals surface area contributed by atoms with E-state index in [1.54, 1.807) is 25.4 Å². The third-order valence-corrected chi connectivity index (χ3v) is 5.73. The van der Waals surface area contributed by atoms with E-state index in [2.05, 4.69) is 15.3 Å². The molecule has 7 nitrogen and oxygen atoms in total. The summed E-state index contributed by atoms with van der Waals surface area (Å²) in [6, 6.07) is 5.69. The van der Waals surface area contributed by atoms with E-state index in [0.29, 0.717) is 12.4 Å². The van der Waals surface area contributed by atoms with Crippen molar-refractivity contribution >= 4 is 35.2 Å². The Morgan fingerprint density at radius 1 is 1.19 bits per heavy atom. The van der Waals surface area contributed by atoms with Crippen LogP contribution in [0.25, 0.3) is 0 Å². The Morgan fingerprint density at radius 2 is 1.94 bits per heavy atom.